The number of rotatable bonds is 4. The Hall–Kier alpha value is -0.910. The summed E-state index contributed by atoms with van der Waals surface area (Å²) in [5, 5.41) is 3.16. The van der Waals surface area contributed by atoms with Crippen LogP contribution < -0.4 is 5.32 Å². The SMILES string of the molecule is CNCC1CCN(S(=O)(=O)c2ccc(C)cc2)CC1. The van der Waals surface area contributed by atoms with Crippen LogP contribution in [0.3, 0.4) is 0 Å². The van der Waals surface area contributed by atoms with Gasteiger partial charge in [0.1, 0.15) is 0 Å². The largest absolute Gasteiger partial charge is 0.319 e. The highest BCUT2D eigenvalue weighted by molar-refractivity contribution is 7.89. The van der Waals surface area contributed by atoms with Crippen molar-refractivity contribution in [3.63, 3.8) is 0 Å². The summed E-state index contributed by atoms with van der Waals surface area (Å²) in [7, 11) is -1.36. The number of benzene rings is 1. The lowest BCUT2D eigenvalue weighted by molar-refractivity contribution is 0.270. The highest BCUT2D eigenvalue weighted by Crippen LogP contribution is 2.23. The Morgan fingerprint density at radius 2 is 1.79 bits per heavy atom. The Kier molecular flexibility index (Phi) is 4.60. The zero-order valence-corrected chi connectivity index (χ0v) is 12.4. The molecule has 106 valence electrons. The van der Waals surface area contributed by atoms with Gasteiger partial charge in [0, 0.05) is 13.1 Å². The number of aryl methyl sites for hydroxylation is 1. The molecule has 4 nitrogen and oxygen atoms in total. The summed E-state index contributed by atoms with van der Waals surface area (Å²) in [6, 6.07) is 7.09. The highest BCUT2D eigenvalue weighted by Gasteiger charge is 2.28. The van der Waals surface area contributed by atoms with Crippen LogP contribution in [0.1, 0.15) is 18.4 Å². The van der Waals surface area contributed by atoms with E-state index in [9.17, 15) is 8.42 Å². The molecule has 0 aromatic heterocycles. The summed E-state index contributed by atoms with van der Waals surface area (Å²) in [4.78, 5) is 0.408. The first kappa shape index (κ1) is 14.5. The molecule has 2 rings (SSSR count). The van der Waals surface area contributed by atoms with E-state index in [0.717, 1.165) is 24.9 Å². The van der Waals surface area contributed by atoms with Crippen LogP contribution in [0.2, 0.25) is 0 Å². The van der Waals surface area contributed by atoms with Gasteiger partial charge in [-0.2, -0.15) is 4.31 Å². The van der Waals surface area contributed by atoms with E-state index in [1.165, 1.54) is 0 Å². The van der Waals surface area contributed by atoms with Gasteiger partial charge in [0.2, 0.25) is 10.0 Å². The molecule has 5 heteroatoms. The Morgan fingerprint density at radius 1 is 1.21 bits per heavy atom. The molecule has 1 N–H and O–H groups in total. The van der Waals surface area contributed by atoms with Gasteiger partial charge in [-0.3, -0.25) is 0 Å². The Balaban J connectivity index is 2.07. The molecular weight excluding hydrogens is 260 g/mol. The standard InChI is InChI=1S/C14H22N2O2S/c1-12-3-5-14(6-4-12)19(17,18)16-9-7-13(8-10-16)11-15-2/h3-6,13,15H,7-11H2,1-2H3. The van der Waals surface area contributed by atoms with E-state index in [2.05, 4.69) is 5.32 Å². The number of nitrogens with zero attached hydrogens (tertiary/aromatic N) is 1. The van der Waals surface area contributed by atoms with E-state index in [4.69, 9.17) is 0 Å². The minimum Gasteiger partial charge on any atom is -0.319 e. The van der Waals surface area contributed by atoms with E-state index in [1.54, 1.807) is 16.4 Å². The maximum atomic E-state index is 12.5. The van der Waals surface area contributed by atoms with Gasteiger partial charge >= 0.3 is 0 Å². The quantitative estimate of drug-likeness (QED) is 0.913. The number of sulfonamides is 1. The van der Waals surface area contributed by atoms with Gasteiger partial charge in [-0.25, -0.2) is 8.42 Å². The molecule has 1 aliphatic heterocycles. The van der Waals surface area contributed by atoms with E-state index in [0.29, 0.717) is 23.9 Å². The van der Waals surface area contributed by atoms with Gasteiger partial charge in [-0.05, 0) is 51.4 Å². The van der Waals surface area contributed by atoms with E-state index in [1.807, 2.05) is 26.1 Å². The van der Waals surface area contributed by atoms with Crippen molar-refractivity contribution in [3.05, 3.63) is 29.8 Å². The molecule has 0 amide bonds. The van der Waals surface area contributed by atoms with Crippen molar-refractivity contribution < 1.29 is 8.42 Å². The molecule has 19 heavy (non-hydrogen) atoms. The fourth-order valence-electron chi connectivity index (χ4n) is 2.50. The molecule has 0 atom stereocenters. The summed E-state index contributed by atoms with van der Waals surface area (Å²) in [6.07, 6.45) is 1.87. The van der Waals surface area contributed by atoms with Crippen LogP contribution in [0.5, 0.6) is 0 Å². The van der Waals surface area contributed by atoms with Gasteiger partial charge in [0.05, 0.1) is 4.90 Å². The molecule has 0 spiro atoms. The van der Waals surface area contributed by atoms with Crippen LogP contribution in [0.4, 0.5) is 0 Å². The first-order valence-electron chi connectivity index (χ1n) is 6.75. The van der Waals surface area contributed by atoms with Gasteiger partial charge in [0.25, 0.3) is 0 Å². The lowest BCUT2D eigenvalue weighted by atomic mass is 9.98. The number of hydrogen-bond donors (Lipinski definition) is 1. The number of piperidine rings is 1. The van der Waals surface area contributed by atoms with Crippen molar-refractivity contribution in [1.29, 1.82) is 0 Å². The highest BCUT2D eigenvalue weighted by atomic mass is 32.2. The smallest absolute Gasteiger partial charge is 0.243 e. The lowest BCUT2D eigenvalue weighted by Gasteiger charge is -2.31. The third-order valence-corrected chi connectivity index (χ3v) is 5.64. The monoisotopic (exact) mass is 282 g/mol. The van der Waals surface area contributed by atoms with Crippen LogP contribution in [0.25, 0.3) is 0 Å². The number of nitrogens with one attached hydrogen (secondary N) is 1. The van der Waals surface area contributed by atoms with Crippen molar-refractivity contribution >= 4 is 10.0 Å². The molecule has 0 bridgehead atoms. The third-order valence-electron chi connectivity index (χ3n) is 3.73. The van der Waals surface area contributed by atoms with E-state index in [-0.39, 0.29) is 0 Å². The van der Waals surface area contributed by atoms with Crippen LogP contribution in [0, 0.1) is 12.8 Å². The predicted octanol–water partition coefficient (Wildman–Crippen LogP) is 1.62. The molecule has 0 radical (unpaired) electrons. The zero-order chi connectivity index (χ0) is 13.9. The van der Waals surface area contributed by atoms with Crippen molar-refractivity contribution in [2.45, 2.75) is 24.7 Å². The molecule has 1 heterocycles. The van der Waals surface area contributed by atoms with Crippen LogP contribution in [-0.4, -0.2) is 39.4 Å². The summed E-state index contributed by atoms with van der Waals surface area (Å²) in [6.45, 7) is 4.18. The molecule has 0 saturated carbocycles. The van der Waals surface area contributed by atoms with Crippen LogP contribution in [-0.2, 0) is 10.0 Å². The summed E-state index contributed by atoms with van der Waals surface area (Å²) in [5.41, 5.74) is 1.08. The average molecular weight is 282 g/mol. The van der Waals surface area contributed by atoms with Crippen molar-refractivity contribution in [2.75, 3.05) is 26.7 Å². The van der Waals surface area contributed by atoms with Gasteiger partial charge in [0.15, 0.2) is 0 Å². The van der Waals surface area contributed by atoms with Gasteiger partial charge < -0.3 is 5.32 Å². The molecule has 1 saturated heterocycles. The Labute approximate surface area is 115 Å². The fourth-order valence-corrected chi connectivity index (χ4v) is 3.97. The first-order valence-corrected chi connectivity index (χ1v) is 8.19. The summed E-state index contributed by atoms with van der Waals surface area (Å²) in [5.74, 6) is 0.592. The molecule has 1 aromatic carbocycles. The average Bonchev–Trinajstić information content (AvgIpc) is 2.40. The normalized spacial score (nSPS) is 18.6. The Morgan fingerprint density at radius 3 is 2.32 bits per heavy atom. The van der Waals surface area contributed by atoms with Gasteiger partial charge in [-0.15, -0.1) is 0 Å². The van der Waals surface area contributed by atoms with E-state index < -0.39 is 10.0 Å². The second kappa shape index (κ2) is 6.03. The zero-order valence-electron chi connectivity index (χ0n) is 11.6. The molecule has 1 aromatic rings. The van der Waals surface area contributed by atoms with Gasteiger partial charge in [-0.1, -0.05) is 17.7 Å². The minimum atomic E-state index is -3.30. The minimum absolute atomic E-state index is 0.408. The maximum Gasteiger partial charge on any atom is 0.243 e. The van der Waals surface area contributed by atoms with Crippen molar-refractivity contribution in [3.8, 4) is 0 Å². The van der Waals surface area contributed by atoms with Crippen LogP contribution in [0.15, 0.2) is 29.2 Å². The second-order valence-corrected chi connectivity index (χ2v) is 7.16. The first-order chi connectivity index (χ1) is 9.04. The molecule has 1 aliphatic rings. The molecule has 0 unspecified atom stereocenters. The summed E-state index contributed by atoms with van der Waals surface area (Å²) >= 11 is 0. The van der Waals surface area contributed by atoms with Crippen molar-refractivity contribution in [1.82, 2.24) is 9.62 Å². The molecular formula is C14H22N2O2S. The fraction of sp³-hybridized carbons (Fsp3) is 0.571. The molecule has 0 aliphatic carbocycles. The molecule has 1 fully saturated rings. The maximum absolute atomic E-state index is 12.5. The predicted molar refractivity (Wildman–Crippen MR) is 76.6 cm³/mol. The second-order valence-electron chi connectivity index (χ2n) is 5.22. The third kappa shape index (κ3) is 3.35. The summed E-state index contributed by atoms with van der Waals surface area (Å²) < 4.78 is 26.6. The van der Waals surface area contributed by atoms with Crippen molar-refractivity contribution in [2.24, 2.45) is 5.92 Å². The Bertz CT molecular complexity index is 503. The lowest BCUT2D eigenvalue weighted by Crippen LogP contribution is -2.40. The number of hydrogen-bond acceptors (Lipinski definition) is 3. The topological polar surface area (TPSA) is 49.4 Å². The van der Waals surface area contributed by atoms with Crippen LogP contribution >= 0.6 is 0 Å². The van der Waals surface area contributed by atoms with E-state index >= 15 is 0 Å².